The van der Waals surface area contributed by atoms with E-state index in [1.54, 1.807) is 19.3 Å². The Bertz CT molecular complexity index is 427. The molecule has 0 bridgehead atoms. The fourth-order valence-corrected chi connectivity index (χ4v) is 1.79. The third-order valence-corrected chi connectivity index (χ3v) is 2.93. The molecular weight excluding hydrogens is 294 g/mol. The lowest BCUT2D eigenvalue weighted by Gasteiger charge is -2.18. The Morgan fingerprint density at radius 2 is 2.11 bits per heavy atom. The van der Waals surface area contributed by atoms with E-state index in [1.165, 1.54) is 0 Å². The number of carbonyl (C=O) groups is 1. The molecule has 2 N–H and O–H groups in total. The summed E-state index contributed by atoms with van der Waals surface area (Å²) in [5.74, 6) is 0.490. The van der Waals surface area contributed by atoms with E-state index in [2.05, 4.69) is 52.3 Å². The van der Waals surface area contributed by atoms with Crippen LogP contribution in [0.5, 0.6) is 0 Å². The van der Waals surface area contributed by atoms with Crippen molar-refractivity contribution in [3.63, 3.8) is 0 Å². The SMILES string of the molecule is CNc1ncc(Br)cc1C(=O)NCCC(C)(C)C. The molecule has 0 saturated heterocycles. The molecule has 0 aromatic carbocycles. The second-order valence-corrected chi connectivity index (χ2v) is 6.28. The van der Waals surface area contributed by atoms with Crippen LogP contribution in [-0.4, -0.2) is 24.5 Å². The highest BCUT2D eigenvalue weighted by Gasteiger charge is 2.14. The number of aromatic nitrogens is 1. The largest absolute Gasteiger partial charge is 0.372 e. The first-order valence-corrected chi connectivity index (χ1v) is 6.74. The van der Waals surface area contributed by atoms with Crippen molar-refractivity contribution in [2.45, 2.75) is 27.2 Å². The average molecular weight is 314 g/mol. The quantitative estimate of drug-likeness (QED) is 0.898. The van der Waals surface area contributed by atoms with Crippen LogP contribution in [0.2, 0.25) is 0 Å². The standard InChI is InChI=1S/C13H20BrN3O/c1-13(2,3)5-6-16-12(18)10-7-9(14)8-17-11(10)15-4/h7-8H,5-6H2,1-4H3,(H,15,17)(H,16,18). The van der Waals surface area contributed by atoms with Gasteiger partial charge >= 0.3 is 0 Å². The Morgan fingerprint density at radius 1 is 1.44 bits per heavy atom. The number of amides is 1. The van der Waals surface area contributed by atoms with Crippen LogP contribution in [0.1, 0.15) is 37.6 Å². The average Bonchev–Trinajstić information content (AvgIpc) is 2.27. The predicted octanol–water partition coefficient (Wildman–Crippen LogP) is 3.05. The first-order chi connectivity index (χ1) is 8.33. The van der Waals surface area contributed by atoms with Crippen LogP contribution in [-0.2, 0) is 0 Å². The van der Waals surface area contributed by atoms with Crippen molar-refractivity contribution in [3.8, 4) is 0 Å². The number of rotatable bonds is 4. The Kier molecular flexibility index (Phi) is 5.14. The van der Waals surface area contributed by atoms with Crippen LogP contribution in [0.4, 0.5) is 5.82 Å². The summed E-state index contributed by atoms with van der Waals surface area (Å²) >= 11 is 3.32. The fourth-order valence-electron chi connectivity index (χ4n) is 1.46. The summed E-state index contributed by atoms with van der Waals surface area (Å²) in [5, 5.41) is 5.84. The van der Waals surface area contributed by atoms with Crippen molar-refractivity contribution >= 4 is 27.7 Å². The number of halogens is 1. The van der Waals surface area contributed by atoms with E-state index in [0.29, 0.717) is 17.9 Å². The van der Waals surface area contributed by atoms with Gasteiger partial charge in [0, 0.05) is 24.3 Å². The highest BCUT2D eigenvalue weighted by atomic mass is 79.9. The Balaban J connectivity index is 2.69. The monoisotopic (exact) mass is 313 g/mol. The van der Waals surface area contributed by atoms with E-state index < -0.39 is 0 Å². The highest BCUT2D eigenvalue weighted by Crippen LogP contribution is 2.19. The summed E-state index contributed by atoms with van der Waals surface area (Å²) in [6.45, 7) is 7.12. The molecule has 0 aliphatic carbocycles. The van der Waals surface area contributed by atoms with Gasteiger partial charge in [-0.15, -0.1) is 0 Å². The molecule has 1 amide bonds. The van der Waals surface area contributed by atoms with Crippen molar-refractivity contribution in [3.05, 3.63) is 22.3 Å². The predicted molar refractivity (Wildman–Crippen MR) is 77.9 cm³/mol. The van der Waals surface area contributed by atoms with Gasteiger partial charge in [0.15, 0.2) is 0 Å². The molecular formula is C13H20BrN3O. The molecule has 100 valence electrons. The second-order valence-electron chi connectivity index (χ2n) is 5.37. The normalized spacial score (nSPS) is 11.2. The van der Waals surface area contributed by atoms with Gasteiger partial charge in [-0.3, -0.25) is 4.79 Å². The molecule has 1 aromatic heterocycles. The first kappa shape index (κ1) is 15.0. The van der Waals surface area contributed by atoms with Crippen LogP contribution in [0.3, 0.4) is 0 Å². The summed E-state index contributed by atoms with van der Waals surface area (Å²) < 4.78 is 0.794. The zero-order valence-corrected chi connectivity index (χ0v) is 12.9. The lowest BCUT2D eigenvalue weighted by atomic mass is 9.92. The Labute approximate surface area is 117 Å². The first-order valence-electron chi connectivity index (χ1n) is 5.95. The van der Waals surface area contributed by atoms with Crippen LogP contribution >= 0.6 is 15.9 Å². The van der Waals surface area contributed by atoms with Crippen molar-refractivity contribution < 1.29 is 4.79 Å². The van der Waals surface area contributed by atoms with Gasteiger partial charge in [-0.05, 0) is 33.8 Å². The van der Waals surface area contributed by atoms with Crippen molar-refractivity contribution in [2.75, 3.05) is 18.9 Å². The number of pyridine rings is 1. The highest BCUT2D eigenvalue weighted by molar-refractivity contribution is 9.10. The maximum Gasteiger partial charge on any atom is 0.255 e. The number of hydrogen-bond donors (Lipinski definition) is 2. The number of nitrogens with one attached hydrogen (secondary N) is 2. The zero-order valence-electron chi connectivity index (χ0n) is 11.3. The molecule has 0 saturated carbocycles. The summed E-state index contributed by atoms with van der Waals surface area (Å²) in [4.78, 5) is 16.2. The van der Waals surface area contributed by atoms with E-state index in [-0.39, 0.29) is 11.3 Å². The lowest BCUT2D eigenvalue weighted by Crippen LogP contribution is -2.28. The van der Waals surface area contributed by atoms with Crippen LogP contribution < -0.4 is 10.6 Å². The number of carbonyl (C=O) groups excluding carboxylic acids is 1. The molecule has 0 unspecified atom stereocenters. The lowest BCUT2D eigenvalue weighted by molar-refractivity contribution is 0.0950. The summed E-state index contributed by atoms with van der Waals surface area (Å²) in [7, 11) is 1.75. The maximum absolute atomic E-state index is 12.1. The molecule has 1 rings (SSSR count). The molecule has 0 spiro atoms. The summed E-state index contributed by atoms with van der Waals surface area (Å²) in [6, 6.07) is 1.77. The number of hydrogen-bond acceptors (Lipinski definition) is 3. The van der Waals surface area contributed by atoms with Crippen molar-refractivity contribution in [1.29, 1.82) is 0 Å². The summed E-state index contributed by atoms with van der Waals surface area (Å²) in [5.41, 5.74) is 0.773. The molecule has 0 atom stereocenters. The van der Waals surface area contributed by atoms with Gasteiger partial charge < -0.3 is 10.6 Å². The van der Waals surface area contributed by atoms with Gasteiger partial charge in [0.2, 0.25) is 0 Å². The smallest absolute Gasteiger partial charge is 0.255 e. The Morgan fingerprint density at radius 3 is 2.67 bits per heavy atom. The molecule has 5 heteroatoms. The third-order valence-electron chi connectivity index (χ3n) is 2.50. The van der Waals surface area contributed by atoms with E-state index in [9.17, 15) is 4.79 Å². The Hall–Kier alpha value is -1.10. The molecule has 4 nitrogen and oxygen atoms in total. The van der Waals surface area contributed by atoms with Gasteiger partial charge in [-0.1, -0.05) is 20.8 Å². The molecule has 18 heavy (non-hydrogen) atoms. The van der Waals surface area contributed by atoms with Gasteiger partial charge in [0.05, 0.1) is 5.56 Å². The van der Waals surface area contributed by atoms with E-state index in [4.69, 9.17) is 0 Å². The molecule has 0 aliphatic heterocycles. The van der Waals surface area contributed by atoms with Crippen molar-refractivity contribution in [1.82, 2.24) is 10.3 Å². The zero-order chi connectivity index (χ0) is 13.8. The molecule has 1 aromatic rings. The van der Waals surface area contributed by atoms with Gasteiger partial charge in [-0.25, -0.2) is 4.98 Å². The number of anilines is 1. The maximum atomic E-state index is 12.1. The summed E-state index contributed by atoms with van der Waals surface area (Å²) in [6.07, 6.45) is 2.60. The van der Waals surface area contributed by atoms with Crippen LogP contribution in [0.15, 0.2) is 16.7 Å². The van der Waals surface area contributed by atoms with Gasteiger partial charge in [-0.2, -0.15) is 0 Å². The van der Waals surface area contributed by atoms with E-state index >= 15 is 0 Å². The van der Waals surface area contributed by atoms with Gasteiger partial charge in [0.25, 0.3) is 5.91 Å². The third kappa shape index (κ3) is 4.64. The minimum Gasteiger partial charge on any atom is -0.372 e. The van der Waals surface area contributed by atoms with E-state index in [1.807, 2.05) is 0 Å². The van der Waals surface area contributed by atoms with Crippen LogP contribution in [0.25, 0.3) is 0 Å². The van der Waals surface area contributed by atoms with Gasteiger partial charge in [0.1, 0.15) is 5.82 Å². The molecule has 0 radical (unpaired) electrons. The van der Waals surface area contributed by atoms with Crippen LogP contribution in [0, 0.1) is 5.41 Å². The molecule has 0 fully saturated rings. The molecule has 0 aliphatic rings. The second kappa shape index (κ2) is 6.18. The topological polar surface area (TPSA) is 54.0 Å². The van der Waals surface area contributed by atoms with E-state index in [0.717, 1.165) is 10.9 Å². The minimum absolute atomic E-state index is 0.0996. The number of nitrogens with zero attached hydrogens (tertiary/aromatic N) is 1. The van der Waals surface area contributed by atoms with Crippen molar-refractivity contribution in [2.24, 2.45) is 5.41 Å². The molecule has 1 heterocycles. The fraction of sp³-hybridized carbons (Fsp3) is 0.538. The minimum atomic E-state index is -0.0996.